The third-order valence-corrected chi connectivity index (χ3v) is 1.56. The van der Waals surface area contributed by atoms with Crippen LogP contribution in [0.4, 0.5) is 5.69 Å². The van der Waals surface area contributed by atoms with Gasteiger partial charge in [0.25, 0.3) is 5.69 Å². The largest absolute Gasteiger partial charge is 0.480 e. The minimum absolute atomic E-state index is 0.00620. The van der Waals surface area contributed by atoms with E-state index in [1.165, 1.54) is 36.3 Å². The standard InChI is InChI=1S/C8H8BNO4/c11-9(12)6-5-7-1-3-8(4-2-7)10(13)14/h1-6,11-12H. The lowest BCUT2D eigenvalue weighted by Crippen LogP contribution is -2.05. The molecule has 6 heteroatoms. The summed E-state index contributed by atoms with van der Waals surface area (Å²) in [5, 5.41) is 27.3. The molecule has 0 aliphatic heterocycles. The third kappa shape index (κ3) is 3.00. The zero-order valence-corrected chi connectivity index (χ0v) is 7.20. The molecule has 0 unspecified atom stereocenters. The third-order valence-electron chi connectivity index (χ3n) is 1.56. The molecule has 0 aliphatic rings. The Labute approximate surface area is 80.6 Å². The van der Waals surface area contributed by atoms with Crippen LogP contribution in [0.2, 0.25) is 0 Å². The molecule has 0 saturated heterocycles. The van der Waals surface area contributed by atoms with Crippen molar-refractivity contribution in [2.24, 2.45) is 0 Å². The number of non-ortho nitro benzene ring substituents is 1. The average Bonchev–Trinajstić information content (AvgIpc) is 2.15. The molecule has 5 nitrogen and oxygen atoms in total. The van der Waals surface area contributed by atoms with Gasteiger partial charge >= 0.3 is 7.12 Å². The lowest BCUT2D eigenvalue weighted by atomic mass is 9.91. The average molecular weight is 193 g/mol. The summed E-state index contributed by atoms with van der Waals surface area (Å²) in [5.74, 6) is 1.17. The highest BCUT2D eigenvalue weighted by Gasteiger charge is 2.03. The topological polar surface area (TPSA) is 83.6 Å². The second kappa shape index (κ2) is 4.54. The van der Waals surface area contributed by atoms with Gasteiger partial charge in [0.05, 0.1) is 4.92 Å². The Morgan fingerprint density at radius 3 is 2.29 bits per heavy atom. The van der Waals surface area contributed by atoms with E-state index in [2.05, 4.69) is 0 Å². The molecular formula is C8H8BNO4. The van der Waals surface area contributed by atoms with E-state index in [1.54, 1.807) is 0 Å². The van der Waals surface area contributed by atoms with E-state index in [0.717, 1.165) is 0 Å². The molecule has 0 spiro atoms. The van der Waals surface area contributed by atoms with Crippen LogP contribution < -0.4 is 0 Å². The van der Waals surface area contributed by atoms with Gasteiger partial charge in [-0.3, -0.25) is 10.1 Å². The summed E-state index contributed by atoms with van der Waals surface area (Å²) in [6.45, 7) is 0. The van der Waals surface area contributed by atoms with Crippen LogP contribution in [0.3, 0.4) is 0 Å². The van der Waals surface area contributed by atoms with Gasteiger partial charge in [0.15, 0.2) is 0 Å². The Kier molecular flexibility index (Phi) is 3.38. The lowest BCUT2D eigenvalue weighted by Gasteiger charge is -1.93. The highest BCUT2D eigenvalue weighted by atomic mass is 16.6. The van der Waals surface area contributed by atoms with Crippen LogP contribution in [0.1, 0.15) is 5.56 Å². The predicted molar refractivity (Wildman–Crippen MR) is 52.3 cm³/mol. The van der Waals surface area contributed by atoms with E-state index in [1.807, 2.05) is 0 Å². The summed E-state index contributed by atoms with van der Waals surface area (Å²) in [6.07, 6.45) is 1.47. The van der Waals surface area contributed by atoms with Crippen molar-refractivity contribution in [2.45, 2.75) is 0 Å². The van der Waals surface area contributed by atoms with E-state index in [-0.39, 0.29) is 5.69 Å². The Morgan fingerprint density at radius 1 is 1.29 bits per heavy atom. The van der Waals surface area contributed by atoms with Gasteiger partial charge in [0.2, 0.25) is 0 Å². The summed E-state index contributed by atoms with van der Waals surface area (Å²) < 4.78 is 0. The Morgan fingerprint density at radius 2 is 1.86 bits per heavy atom. The summed E-state index contributed by atoms with van der Waals surface area (Å²) in [4.78, 5) is 9.79. The van der Waals surface area contributed by atoms with Gasteiger partial charge in [-0.15, -0.1) is 0 Å². The van der Waals surface area contributed by atoms with Gasteiger partial charge in [0, 0.05) is 12.1 Å². The number of nitro groups is 1. The summed E-state index contributed by atoms with van der Waals surface area (Å²) >= 11 is 0. The minimum Gasteiger partial charge on any atom is -0.424 e. The normalized spacial score (nSPS) is 10.4. The first-order valence-corrected chi connectivity index (χ1v) is 3.88. The molecule has 0 aromatic heterocycles. The maximum absolute atomic E-state index is 10.3. The highest BCUT2D eigenvalue weighted by Crippen LogP contribution is 2.12. The molecular weight excluding hydrogens is 185 g/mol. The maximum atomic E-state index is 10.3. The highest BCUT2D eigenvalue weighted by molar-refractivity contribution is 6.48. The van der Waals surface area contributed by atoms with E-state index in [0.29, 0.717) is 5.56 Å². The van der Waals surface area contributed by atoms with Crippen molar-refractivity contribution in [1.82, 2.24) is 0 Å². The summed E-state index contributed by atoms with van der Waals surface area (Å²) in [5.41, 5.74) is 0.676. The number of hydrogen-bond acceptors (Lipinski definition) is 4. The summed E-state index contributed by atoms with van der Waals surface area (Å²) in [7, 11) is -1.51. The van der Waals surface area contributed by atoms with Crippen LogP contribution >= 0.6 is 0 Å². The number of rotatable bonds is 3. The first-order chi connectivity index (χ1) is 6.59. The fraction of sp³-hybridized carbons (Fsp3) is 0. The van der Waals surface area contributed by atoms with Crippen molar-refractivity contribution < 1.29 is 15.0 Å². The van der Waals surface area contributed by atoms with Gasteiger partial charge in [-0.05, 0) is 17.7 Å². The first kappa shape index (κ1) is 10.4. The molecule has 0 bridgehead atoms. The maximum Gasteiger partial charge on any atom is 0.480 e. The SMILES string of the molecule is O=[N+]([O-])c1ccc(C=CB(O)O)cc1. The second-order valence-electron chi connectivity index (χ2n) is 2.62. The zero-order valence-electron chi connectivity index (χ0n) is 7.20. The van der Waals surface area contributed by atoms with Crippen LogP contribution in [0.15, 0.2) is 30.2 Å². The van der Waals surface area contributed by atoms with E-state index in [4.69, 9.17) is 10.0 Å². The molecule has 0 saturated carbocycles. The molecule has 14 heavy (non-hydrogen) atoms. The van der Waals surface area contributed by atoms with Crippen molar-refractivity contribution >= 4 is 18.9 Å². The Balaban J connectivity index is 2.78. The molecule has 2 N–H and O–H groups in total. The number of benzene rings is 1. The Bertz CT molecular complexity index is 347. The molecule has 0 radical (unpaired) electrons. The zero-order chi connectivity index (χ0) is 10.6. The van der Waals surface area contributed by atoms with E-state index >= 15 is 0 Å². The second-order valence-corrected chi connectivity index (χ2v) is 2.62. The first-order valence-electron chi connectivity index (χ1n) is 3.88. The van der Waals surface area contributed by atoms with Gasteiger partial charge in [-0.1, -0.05) is 12.1 Å². The number of nitro benzene ring substituents is 1. The van der Waals surface area contributed by atoms with Gasteiger partial charge in [0.1, 0.15) is 0 Å². The number of nitrogens with zero attached hydrogens (tertiary/aromatic N) is 1. The molecule has 0 aliphatic carbocycles. The quantitative estimate of drug-likeness (QED) is 0.418. The van der Waals surface area contributed by atoms with Crippen LogP contribution in [-0.2, 0) is 0 Å². The van der Waals surface area contributed by atoms with Crippen LogP contribution in [0.5, 0.6) is 0 Å². The van der Waals surface area contributed by atoms with E-state index < -0.39 is 12.0 Å². The van der Waals surface area contributed by atoms with Crippen molar-refractivity contribution in [1.29, 1.82) is 0 Å². The molecule has 72 valence electrons. The molecule has 1 rings (SSSR count). The van der Waals surface area contributed by atoms with Crippen molar-refractivity contribution in [3.63, 3.8) is 0 Å². The molecule has 0 heterocycles. The fourth-order valence-corrected chi connectivity index (χ4v) is 0.904. The number of hydrogen-bond donors (Lipinski definition) is 2. The predicted octanol–water partition coefficient (Wildman–Crippen LogP) is 0.620. The minimum atomic E-state index is -1.51. The van der Waals surface area contributed by atoms with Crippen LogP contribution in [0, 0.1) is 10.1 Å². The van der Waals surface area contributed by atoms with Crippen LogP contribution in [0.25, 0.3) is 6.08 Å². The van der Waals surface area contributed by atoms with Gasteiger partial charge in [-0.25, -0.2) is 0 Å². The van der Waals surface area contributed by atoms with Crippen molar-refractivity contribution in [2.75, 3.05) is 0 Å². The molecule has 0 fully saturated rings. The Hall–Kier alpha value is -1.66. The molecule has 0 atom stereocenters. The molecule has 1 aromatic carbocycles. The molecule has 1 aromatic rings. The monoisotopic (exact) mass is 193 g/mol. The van der Waals surface area contributed by atoms with Gasteiger partial charge < -0.3 is 10.0 Å². The summed E-state index contributed by atoms with van der Waals surface area (Å²) in [6, 6.07) is 5.75. The smallest absolute Gasteiger partial charge is 0.424 e. The van der Waals surface area contributed by atoms with Gasteiger partial charge in [-0.2, -0.15) is 0 Å². The van der Waals surface area contributed by atoms with Crippen molar-refractivity contribution in [3.05, 3.63) is 45.9 Å². The fourth-order valence-electron chi connectivity index (χ4n) is 0.904. The lowest BCUT2D eigenvalue weighted by molar-refractivity contribution is -0.384. The van der Waals surface area contributed by atoms with Crippen molar-refractivity contribution in [3.8, 4) is 0 Å². The van der Waals surface area contributed by atoms with E-state index in [9.17, 15) is 10.1 Å². The van der Waals surface area contributed by atoms with Crippen LogP contribution in [-0.4, -0.2) is 22.1 Å². The molecule has 0 amide bonds.